The summed E-state index contributed by atoms with van der Waals surface area (Å²) in [5.74, 6) is -1.23. The van der Waals surface area contributed by atoms with Gasteiger partial charge in [0.05, 0.1) is 12.7 Å². The van der Waals surface area contributed by atoms with Gasteiger partial charge >= 0.3 is 6.09 Å². The second kappa shape index (κ2) is 9.53. The predicted molar refractivity (Wildman–Crippen MR) is 103 cm³/mol. The fourth-order valence-corrected chi connectivity index (χ4v) is 3.17. The summed E-state index contributed by atoms with van der Waals surface area (Å²) in [5.41, 5.74) is 0.406. The molecule has 152 valence electrons. The summed E-state index contributed by atoms with van der Waals surface area (Å²) in [7, 11) is 0. The Morgan fingerprint density at radius 3 is 2.67 bits per heavy atom. The van der Waals surface area contributed by atoms with Gasteiger partial charge in [-0.2, -0.15) is 0 Å². The number of aliphatic hydroxyl groups excluding tert-OH is 1. The Balaban J connectivity index is 2.13. The number of amides is 1. The molecule has 2 rings (SSSR count). The van der Waals surface area contributed by atoms with E-state index in [-0.39, 0.29) is 18.2 Å². The Kier molecular flexibility index (Phi) is 7.65. The average molecular weight is 379 g/mol. The van der Waals surface area contributed by atoms with Crippen molar-refractivity contribution in [1.82, 2.24) is 5.32 Å². The minimum absolute atomic E-state index is 0.0976. The van der Waals surface area contributed by atoms with Crippen LogP contribution in [0.25, 0.3) is 0 Å². The first-order chi connectivity index (χ1) is 12.8. The number of rotatable bonds is 7. The summed E-state index contributed by atoms with van der Waals surface area (Å²) in [4.78, 5) is 12.0. The van der Waals surface area contributed by atoms with Crippen LogP contribution in [0.2, 0.25) is 0 Å². The zero-order valence-electron chi connectivity index (χ0n) is 16.9. The van der Waals surface area contributed by atoms with Crippen LogP contribution in [0.5, 0.6) is 0 Å². The second-order valence-electron chi connectivity index (χ2n) is 8.04. The number of ether oxygens (including phenoxy) is 3. The normalized spacial score (nSPS) is 24.3. The maximum atomic E-state index is 12.0. The number of nitrogens with one attached hydrogen (secondary N) is 1. The molecular weight excluding hydrogens is 346 g/mol. The third-order valence-corrected chi connectivity index (χ3v) is 4.38. The summed E-state index contributed by atoms with van der Waals surface area (Å²) in [6.07, 6.45) is 1.28. The highest BCUT2D eigenvalue weighted by Crippen LogP contribution is 2.38. The maximum Gasteiger partial charge on any atom is 0.407 e. The van der Waals surface area contributed by atoms with Crippen molar-refractivity contribution in [3.8, 4) is 0 Å². The van der Waals surface area contributed by atoms with Crippen molar-refractivity contribution in [2.24, 2.45) is 0 Å². The SMILES string of the molecule is CCCC(COC(=O)NC(C)(C)C)OC1(c2ccccc2)OCCCC1O. The molecule has 27 heavy (non-hydrogen) atoms. The lowest BCUT2D eigenvalue weighted by Gasteiger charge is -2.43. The van der Waals surface area contributed by atoms with Gasteiger partial charge in [0, 0.05) is 11.1 Å². The molecule has 1 aliphatic heterocycles. The van der Waals surface area contributed by atoms with Gasteiger partial charge in [0.15, 0.2) is 0 Å². The summed E-state index contributed by atoms with van der Waals surface area (Å²) in [5, 5.41) is 13.5. The maximum absolute atomic E-state index is 12.0. The molecule has 1 aromatic carbocycles. The van der Waals surface area contributed by atoms with E-state index in [1.54, 1.807) is 0 Å². The molecule has 1 amide bonds. The lowest BCUT2D eigenvalue weighted by atomic mass is 9.93. The molecule has 6 nitrogen and oxygen atoms in total. The van der Waals surface area contributed by atoms with Crippen LogP contribution in [0.15, 0.2) is 30.3 Å². The van der Waals surface area contributed by atoms with Gasteiger partial charge in [-0.05, 0) is 40.0 Å². The highest BCUT2D eigenvalue weighted by atomic mass is 16.7. The van der Waals surface area contributed by atoms with Gasteiger partial charge in [0.1, 0.15) is 12.7 Å². The molecule has 1 heterocycles. The topological polar surface area (TPSA) is 77.0 Å². The van der Waals surface area contributed by atoms with Crippen molar-refractivity contribution in [2.45, 2.75) is 76.9 Å². The van der Waals surface area contributed by atoms with Crippen LogP contribution in [0, 0.1) is 0 Å². The Bertz CT molecular complexity index is 586. The molecule has 3 unspecified atom stereocenters. The molecule has 0 bridgehead atoms. The second-order valence-corrected chi connectivity index (χ2v) is 8.04. The quantitative estimate of drug-likeness (QED) is 0.755. The van der Waals surface area contributed by atoms with E-state index in [0.29, 0.717) is 19.4 Å². The summed E-state index contributed by atoms with van der Waals surface area (Å²) in [6, 6.07) is 9.49. The molecule has 0 aliphatic carbocycles. The molecule has 6 heteroatoms. The summed E-state index contributed by atoms with van der Waals surface area (Å²) < 4.78 is 17.7. The van der Waals surface area contributed by atoms with E-state index in [4.69, 9.17) is 14.2 Å². The van der Waals surface area contributed by atoms with Crippen LogP contribution in [0.1, 0.15) is 58.9 Å². The molecule has 1 aromatic rings. The van der Waals surface area contributed by atoms with E-state index < -0.39 is 18.0 Å². The number of hydrogen-bond acceptors (Lipinski definition) is 5. The highest BCUT2D eigenvalue weighted by molar-refractivity contribution is 5.68. The largest absolute Gasteiger partial charge is 0.447 e. The molecule has 0 aromatic heterocycles. The lowest BCUT2D eigenvalue weighted by molar-refractivity contribution is -0.330. The Hall–Kier alpha value is -1.63. The van der Waals surface area contributed by atoms with Crippen molar-refractivity contribution in [1.29, 1.82) is 0 Å². The predicted octanol–water partition coefficient (Wildman–Crippen LogP) is 3.72. The van der Waals surface area contributed by atoms with Crippen LogP contribution in [0.4, 0.5) is 4.79 Å². The van der Waals surface area contributed by atoms with Gasteiger partial charge in [0.25, 0.3) is 0 Å². The van der Waals surface area contributed by atoms with E-state index in [1.807, 2.05) is 58.0 Å². The highest BCUT2D eigenvalue weighted by Gasteiger charge is 2.46. The molecule has 0 radical (unpaired) electrons. The van der Waals surface area contributed by atoms with Crippen LogP contribution in [0.3, 0.4) is 0 Å². The molecule has 1 saturated heterocycles. The van der Waals surface area contributed by atoms with E-state index >= 15 is 0 Å². The van der Waals surface area contributed by atoms with E-state index in [0.717, 1.165) is 18.4 Å². The van der Waals surface area contributed by atoms with Crippen molar-refractivity contribution in [3.63, 3.8) is 0 Å². The summed E-state index contributed by atoms with van der Waals surface area (Å²) >= 11 is 0. The van der Waals surface area contributed by atoms with Crippen LogP contribution in [-0.4, -0.2) is 42.2 Å². The van der Waals surface area contributed by atoms with Crippen LogP contribution >= 0.6 is 0 Å². The van der Waals surface area contributed by atoms with Crippen molar-refractivity contribution in [3.05, 3.63) is 35.9 Å². The smallest absolute Gasteiger partial charge is 0.407 e. The van der Waals surface area contributed by atoms with Crippen molar-refractivity contribution < 1.29 is 24.1 Å². The Labute approximate surface area is 162 Å². The third kappa shape index (κ3) is 6.19. The van der Waals surface area contributed by atoms with Gasteiger partial charge in [-0.3, -0.25) is 0 Å². The Morgan fingerprint density at radius 2 is 2.07 bits per heavy atom. The van der Waals surface area contributed by atoms with Gasteiger partial charge in [-0.15, -0.1) is 0 Å². The van der Waals surface area contributed by atoms with Crippen molar-refractivity contribution in [2.75, 3.05) is 13.2 Å². The molecular formula is C21H33NO5. The van der Waals surface area contributed by atoms with Crippen LogP contribution in [-0.2, 0) is 20.0 Å². The molecule has 0 spiro atoms. The molecule has 1 fully saturated rings. The monoisotopic (exact) mass is 379 g/mol. The first-order valence-electron chi connectivity index (χ1n) is 9.77. The number of alkyl carbamates (subject to hydrolysis) is 1. The van der Waals surface area contributed by atoms with Gasteiger partial charge in [-0.1, -0.05) is 43.7 Å². The number of carbonyl (C=O) groups excluding carboxylic acids is 1. The molecule has 3 atom stereocenters. The van der Waals surface area contributed by atoms with Gasteiger partial charge < -0.3 is 24.6 Å². The van der Waals surface area contributed by atoms with Crippen LogP contribution < -0.4 is 5.32 Å². The number of benzene rings is 1. The Morgan fingerprint density at radius 1 is 1.37 bits per heavy atom. The molecule has 1 aliphatic rings. The fourth-order valence-electron chi connectivity index (χ4n) is 3.17. The number of carbonyl (C=O) groups is 1. The first kappa shape index (κ1) is 21.7. The zero-order valence-corrected chi connectivity index (χ0v) is 16.9. The van der Waals surface area contributed by atoms with Gasteiger partial charge in [0.2, 0.25) is 5.79 Å². The number of hydrogen-bond donors (Lipinski definition) is 2. The standard InChI is InChI=1S/C21H33NO5/c1-5-10-17(15-25-19(24)22-20(2,3)4)27-21(16-11-7-6-8-12-16)18(23)13-9-14-26-21/h6-8,11-12,17-18,23H,5,9-10,13-15H2,1-4H3,(H,22,24). The van der Waals surface area contributed by atoms with E-state index in [1.165, 1.54) is 0 Å². The van der Waals surface area contributed by atoms with Gasteiger partial charge in [-0.25, -0.2) is 4.79 Å². The first-order valence-corrected chi connectivity index (χ1v) is 9.77. The lowest BCUT2D eigenvalue weighted by Crippen LogP contribution is -2.51. The molecule has 2 N–H and O–H groups in total. The average Bonchev–Trinajstić information content (AvgIpc) is 2.61. The third-order valence-electron chi connectivity index (χ3n) is 4.38. The van der Waals surface area contributed by atoms with Crippen molar-refractivity contribution >= 4 is 6.09 Å². The minimum atomic E-state index is -1.23. The summed E-state index contributed by atoms with van der Waals surface area (Å²) in [6.45, 7) is 8.33. The zero-order chi connectivity index (χ0) is 19.9. The minimum Gasteiger partial charge on any atom is -0.447 e. The molecule has 0 saturated carbocycles. The van der Waals surface area contributed by atoms with E-state index in [9.17, 15) is 9.90 Å². The number of aliphatic hydroxyl groups is 1. The fraction of sp³-hybridized carbons (Fsp3) is 0.667. The van der Waals surface area contributed by atoms with E-state index in [2.05, 4.69) is 5.32 Å².